The van der Waals surface area contributed by atoms with Crippen molar-refractivity contribution in [1.29, 1.82) is 0 Å². The lowest BCUT2D eigenvalue weighted by Gasteiger charge is -2.15. The van der Waals surface area contributed by atoms with Crippen LogP contribution < -0.4 is 0 Å². The van der Waals surface area contributed by atoms with Crippen LogP contribution in [0.25, 0.3) is 11.0 Å². The van der Waals surface area contributed by atoms with Gasteiger partial charge in [-0.3, -0.25) is 4.98 Å². The number of hydrogen-bond donors (Lipinski definition) is 0. The van der Waals surface area contributed by atoms with E-state index in [1.54, 1.807) is 18.0 Å². The van der Waals surface area contributed by atoms with Gasteiger partial charge in [0.2, 0.25) is 0 Å². The molecule has 2 heterocycles. The molecule has 136 valence electrons. The number of fused-ring (bicyclic) bond motifs is 1. The third-order valence-corrected chi connectivity index (χ3v) is 5.03. The van der Waals surface area contributed by atoms with E-state index in [2.05, 4.69) is 56.7 Å². The minimum atomic E-state index is 0.603. The SMILES string of the molecule is C=CCOCCN(C)Sc1ccc(Cn2c(C)nc3cnccc32)cc1. The summed E-state index contributed by atoms with van der Waals surface area (Å²) in [5, 5.41) is 0. The number of nitrogens with zero attached hydrogens (tertiary/aromatic N) is 4. The van der Waals surface area contributed by atoms with Crippen LogP contribution in [0.3, 0.4) is 0 Å². The Morgan fingerprint density at radius 3 is 2.85 bits per heavy atom. The topological polar surface area (TPSA) is 43.2 Å². The van der Waals surface area contributed by atoms with E-state index in [9.17, 15) is 0 Å². The molecule has 0 aliphatic rings. The first-order valence-corrected chi connectivity index (χ1v) is 9.38. The van der Waals surface area contributed by atoms with Crippen molar-refractivity contribution in [2.24, 2.45) is 0 Å². The summed E-state index contributed by atoms with van der Waals surface area (Å²) >= 11 is 1.72. The lowest BCUT2D eigenvalue weighted by atomic mass is 10.2. The van der Waals surface area contributed by atoms with Crippen molar-refractivity contribution in [3.8, 4) is 0 Å². The Hall–Kier alpha value is -2.15. The van der Waals surface area contributed by atoms with Gasteiger partial charge in [0.1, 0.15) is 11.3 Å². The van der Waals surface area contributed by atoms with Gasteiger partial charge in [0.25, 0.3) is 0 Å². The van der Waals surface area contributed by atoms with Crippen molar-refractivity contribution < 1.29 is 4.74 Å². The molecule has 3 rings (SSSR count). The molecular formula is C20H24N4OS. The van der Waals surface area contributed by atoms with E-state index in [1.807, 2.05) is 25.4 Å². The van der Waals surface area contributed by atoms with Crippen LogP contribution in [0, 0.1) is 6.92 Å². The summed E-state index contributed by atoms with van der Waals surface area (Å²) in [6.45, 7) is 8.67. The Morgan fingerprint density at radius 1 is 1.27 bits per heavy atom. The molecule has 0 fully saturated rings. The van der Waals surface area contributed by atoms with Gasteiger partial charge in [0.15, 0.2) is 0 Å². The minimum absolute atomic E-state index is 0.603. The monoisotopic (exact) mass is 368 g/mol. The van der Waals surface area contributed by atoms with E-state index in [0.717, 1.165) is 29.9 Å². The highest BCUT2D eigenvalue weighted by molar-refractivity contribution is 7.97. The van der Waals surface area contributed by atoms with Crippen molar-refractivity contribution >= 4 is 23.0 Å². The minimum Gasteiger partial charge on any atom is -0.376 e. The molecule has 0 saturated carbocycles. The van der Waals surface area contributed by atoms with Gasteiger partial charge >= 0.3 is 0 Å². The van der Waals surface area contributed by atoms with E-state index in [1.165, 1.54) is 10.5 Å². The van der Waals surface area contributed by atoms with E-state index in [0.29, 0.717) is 13.2 Å². The average molecular weight is 369 g/mol. The second-order valence-electron chi connectivity index (χ2n) is 6.06. The summed E-state index contributed by atoms with van der Waals surface area (Å²) in [7, 11) is 2.07. The van der Waals surface area contributed by atoms with Crippen LogP contribution >= 0.6 is 11.9 Å². The fraction of sp³-hybridized carbons (Fsp3) is 0.300. The zero-order chi connectivity index (χ0) is 18.4. The zero-order valence-corrected chi connectivity index (χ0v) is 16.1. The van der Waals surface area contributed by atoms with Gasteiger partial charge in [0.05, 0.1) is 24.9 Å². The zero-order valence-electron chi connectivity index (χ0n) is 15.3. The van der Waals surface area contributed by atoms with Gasteiger partial charge in [-0.25, -0.2) is 9.29 Å². The Morgan fingerprint density at radius 2 is 2.08 bits per heavy atom. The predicted octanol–water partition coefficient (Wildman–Crippen LogP) is 3.93. The number of imidazole rings is 1. The van der Waals surface area contributed by atoms with E-state index in [4.69, 9.17) is 4.74 Å². The number of pyridine rings is 1. The molecule has 0 aliphatic heterocycles. The summed E-state index contributed by atoms with van der Waals surface area (Å²) in [5.41, 5.74) is 3.32. The van der Waals surface area contributed by atoms with Gasteiger partial charge < -0.3 is 9.30 Å². The Labute approximate surface area is 158 Å². The normalized spacial score (nSPS) is 11.3. The van der Waals surface area contributed by atoms with E-state index in [-0.39, 0.29) is 0 Å². The summed E-state index contributed by atoms with van der Waals surface area (Å²) in [4.78, 5) is 9.95. The molecule has 6 heteroatoms. The first kappa shape index (κ1) is 18.6. The van der Waals surface area contributed by atoms with Crippen molar-refractivity contribution in [1.82, 2.24) is 18.8 Å². The third-order valence-electron chi connectivity index (χ3n) is 4.05. The molecule has 0 atom stereocenters. The number of rotatable bonds is 9. The van der Waals surface area contributed by atoms with Crippen LogP contribution in [-0.4, -0.2) is 45.6 Å². The second kappa shape index (κ2) is 8.98. The number of aromatic nitrogens is 3. The van der Waals surface area contributed by atoms with Gasteiger partial charge in [-0.05, 0) is 49.7 Å². The molecule has 26 heavy (non-hydrogen) atoms. The predicted molar refractivity (Wildman–Crippen MR) is 107 cm³/mol. The van der Waals surface area contributed by atoms with Gasteiger partial charge in [-0.1, -0.05) is 18.2 Å². The lowest BCUT2D eigenvalue weighted by molar-refractivity contribution is 0.154. The van der Waals surface area contributed by atoms with Crippen LogP contribution in [0.2, 0.25) is 0 Å². The smallest absolute Gasteiger partial charge is 0.107 e. The Bertz CT molecular complexity index is 860. The highest BCUT2D eigenvalue weighted by Gasteiger charge is 2.08. The molecule has 0 spiro atoms. The summed E-state index contributed by atoms with van der Waals surface area (Å²) in [6, 6.07) is 10.7. The number of likely N-dealkylation sites (N-methyl/N-ethyl adjacent to an activating group) is 1. The maximum atomic E-state index is 5.43. The van der Waals surface area contributed by atoms with Crippen molar-refractivity contribution in [2.45, 2.75) is 18.4 Å². The van der Waals surface area contributed by atoms with Crippen molar-refractivity contribution in [2.75, 3.05) is 26.8 Å². The molecule has 0 N–H and O–H groups in total. The van der Waals surface area contributed by atoms with Crippen LogP contribution in [0.15, 0.2) is 60.3 Å². The summed E-state index contributed by atoms with van der Waals surface area (Å²) in [5.74, 6) is 1.01. The fourth-order valence-corrected chi connectivity index (χ4v) is 3.51. The van der Waals surface area contributed by atoms with Gasteiger partial charge in [-0.15, -0.1) is 6.58 Å². The Balaban J connectivity index is 1.60. The molecule has 1 aromatic carbocycles. The fourth-order valence-electron chi connectivity index (χ4n) is 2.73. The number of ether oxygens (including phenoxy) is 1. The van der Waals surface area contributed by atoms with E-state index >= 15 is 0 Å². The maximum Gasteiger partial charge on any atom is 0.107 e. The van der Waals surface area contributed by atoms with Crippen LogP contribution in [0.5, 0.6) is 0 Å². The molecule has 0 radical (unpaired) electrons. The third kappa shape index (κ3) is 4.72. The highest BCUT2D eigenvalue weighted by Crippen LogP contribution is 2.22. The van der Waals surface area contributed by atoms with Crippen LogP contribution in [-0.2, 0) is 11.3 Å². The molecule has 3 aromatic rings. The van der Waals surface area contributed by atoms with Crippen LogP contribution in [0.1, 0.15) is 11.4 Å². The largest absolute Gasteiger partial charge is 0.376 e. The molecule has 5 nitrogen and oxygen atoms in total. The summed E-state index contributed by atoms with van der Waals surface area (Å²) < 4.78 is 9.83. The van der Waals surface area contributed by atoms with Crippen molar-refractivity contribution in [3.05, 3.63) is 66.8 Å². The second-order valence-corrected chi connectivity index (χ2v) is 7.34. The first-order chi connectivity index (χ1) is 12.7. The quantitative estimate of drug-likeness (QED) is 0.325. The standard InChI is InChI=1S/C20H24N4OS/c1-4-12-25-13-11-23(3)26-18-7-5-17(6-8-18)15-24-16(2)22-19-14-21-10-9-20(19)24/h4-10,14H,1,11-13,15H2,2-3H3. The number of hydrogen-bond acceptors (Lipinski definition) is 5. The molecule has 0 bridgehead atoms. The highest BCUT2D eigenvalue weighted by atomic mass is 32.2. The molecule has 0 saturated heterocycles. The summed E-state index contributed by atoms with van der Waals surface area (Å²) in [6.07, 6.45) is 5.40. The number of aryl methyl sites for hydroxylation is 1. The molecular weight excluding hydrogens is 344 g/mol. The first-order valence-electron chi connectivity index (χ1n) is 8.61. The van der Waals surface area contributed by atoms with Gasteiger partial charge in [-0.2, -0.15) is 0 Å². The molecule has 2 aromatic heterocycles. The molecule has 0 aliphatic carbocycles. The van der Waals surface area contributed by atoms with Gasteiger partial charge in [0, 0.05) is 24.2 Å². The van der Waals surface area contributed by atoms with Crippen LogP contribution in [0.4, 0.5) is 0 Å². The lowest BCUT2D eigenvalue weighted by Crippen LogP contribution is -2.16. The number of benzene rings is 1. The Kier molecular flexibility index (Phi) is 6.44. The molecule has 0 unspecified atom stereocenters. The van der Waals surface area contributed by atoms with Crippen molar-refractivity contribution in [3.63, 3.8) is 0 Å². The van der Waals surface area contributed by atoms with E-state index < -0.39 is 0 Å². The average Bonchev–Trinajstić information content (AvgIpc) is 2.96. The molecule has 0 amide bonds. The maximum absolute atomic E-state index is 5.43.